The summed E-state index contributed by atoms with van der Waals surface area (Å²) in [4.78, 5) is 12.2. The van der Waals surface area contributed by atoms with Crippen LogP contribution in [0.3, 0.4) is 0 Å². The van der Waals surface area contributed by atoms with E-state index in [0.717, 1.165) is 12.0 Å². The summed E-state index contributed by atoms with van der Waals surface area (Å²) in [7, 11) is -3.09. The van der Waals surface area contributed by atoms with E-state index < -0.39 is 21.1 Å². The molecule has 2 atom stereocenters. The second kappa shape index (κ2) is 6.05. The Morgan fingerprint density at radius 1 is 1.33 bits per heavy atom. The maximum Gasteiger partial charge on any atom is 0.338 e. The Labute approximate surface area is 125 Å². The molecule has 1 aliphatic rings. The van der Waals surface area contributed by atoms with Crippen molar-refractivity contribution in [3.05, 3.63) is 29.3 Å². The Bertz CT molecular complexity index is 639. The minimum absolute atomic E-state index is 0.341. The van der Waals surface area contributed by atoms with Gasteiger partial charge in [-0.15, -0.1) is 0 Å². The highest BCUT2D eigenvalue weighted by molar-refractivity contribution is 7.91. The first kappa shape index (κ1) is 15.8. The molecule has 0 bridgehead atoms. The molecule has 2 rings (SSSR count). The van der Waals surface area contributed by atoms with Crippen LogP contribution >= 0.6 is 0 Å². The Morgan fingerprint density at radius 3 is 2.71 bits per heavy atom. The first-order valence-electron chi connectivity index (χ1n) is 7.03. The zero-order valence-corrected chi connectivity index (χ0v) is 13.2. The smallest absolute Gasteiger partial charge is 0.338 e. The molecule has 1 fully saturated rings. The molecule has 116 valence electrons. The Morgan fingerprint density at radius 2 is 2.05 bits per heavy atom. The van der Waals surface area contributed by atoms with Crippen molar-refractivity contribution >= 4 is 21.5 Å². The molecule has 0 radical (unpaired) electrons. The number of anilines is 1. The lowest BCUT2D eigenvalue weighted by atomic mass is 9.97. The zero-order valence-electron chi connectivity index (χ0n) is 12.3. The van der Waals surface area contributed by atoms with Gasteiger partial charge in [-0.1, -0.05) is 6.07 Å². The van der Waals surface area contributed by atoms with Crippen LogP contribution in [0.1, 0.15) is 41.6 Å². The number of ether oxygens (including phenoxy) is 1. The minimum atomic E-state index is -3.09. The molecule has 5 nitrogen and oxygen atoms in total. The Kier molecular flexibility index (Phi) is 4.56. The minimum Gasteiger partial charge on any atom is -0.459 e. The highest BCUT2D eigenvalue weighted by Gasteiger charge is 2.31. The third-order valence-electron chi connectivity index (χ3n) is 3.94. The van der Waals surface area contributed by atoms with Gasteiger partial charge >= 0.3 is 5.97 Å². The summed E-state index contributed by atoms with van der Waals surface area (Å²) in [6.45, 7) is 1.82. The number of hydrogen-bond donors (Lipinski definition) is 1. The molecule has 1 aromatic carbocycles. The second-order valence-electron chi connectivity index (χ2n) is 5.72. The van der Waals surface area contributed by atoms with E-state index in [1.807, 2.05) is 6.92 Å². The van der Waals surface area contributed by atoms with E-state index in [-0.39, 0.29) is 6.10 Å². The fourth-order valence-corrected chi connectivity index (χ4v) is 3.83. The highest BCUT2D eigenvalue weighted by atomic mass is 32.2. The van der Waals surface area contributed by atoms with Gasteiger partial charge in [0.05, 0.1) is 10.8 Å². The number of carbonyl (C=O) groups excluding carboxylic acids is 1. The maximum atomic E-state index is 12.2. The van der Waals surface area contributed by atoms with E-state index in [1.165, 1.54) is 6.26 Å². The Balaban J connectivity index is 2.07. The number of carbonyl (C=O) groups is 1. The van der Waals surface area contributed by atoms with E-state index >= 15 is 0 Å². The predicted molar refractivity (Wildman–Crippen MR) is 81.9 cm³/mol. The molecule has 0 spiro atoms. The number of hydrogen-bond acceptors (Lipinski definition) is 5. The maximum absolute atomic E-state index is 12.2. The lowest BCUT2D eigenvalue weighted by Gasteiger charge is -2.28. The monoisotopic (exact) mass is 311 g/mol. The van der Waals surface area contributed by atoms with Gasteiger partial charge in [-0.05, 0) is 43.9 Å². The van der Waals surface area contributed by atoms with Gasteiger partial charge in [-0.2, -0.15) is 0 Å². The largest absolute Gasteiger partial charge is 0.459 e. The van der Waals surface area contributed by atoms with Crippen molar-refractivity contribution in [3.63, 3.8) is 0 Å². The molecule has 0 aromatic heterocycles. The van der Waals surface area contributed by atoms with Crippen molar-refractivity contribution in [1.29, 1.82) is 0 Å². The number of nitrogen functional groups attached to an aromatic ring is 1. The van der Waals surface area contributed by atoms with Crippen molar-refractivity contribution in [2.24, 2.45) is 0 Å². The quantitative estimate of drug-likeness (QED) is 0.682. The highest BCUT2D eigenvalue weighted by Crippen LogP contribution is 2.27. The third kappa shape index (κ3) is 3.97. The van der Waals surface area contributed by atoms with Gasteiger partial charge in [0.1, 0.15) is 15.9 Å². The van der Waals surface area contributed by atoms with E-state index in [2.05, 4.69) is 0 Å². The standard InChI is InChI=1S/C15H21NO4S/c1-10-6-7-11(16)8-14(10)15(17)20-12-4-3-5-13(9-12)21(2,18)19/h6-8,12-13H,3-5,9,16H2,1-2H3. The van der Waals surface area contributed by atoms with E-state index in [9.17, 15) is 13.2 Å². The molecule has 1 aliphatic carbocycles. The van der Waals surface area contributed by atoms with Crippen LogP contribution in [0.25, 0.3) is 0 Å². The number of aryl methyl sites for hydroxylation is 1. The van der Waals surface area contributed by atoms with Gasteiger partial charge in [-0.25, -0.2) is 13.2 Å². The van der Waals surface area contributed by atoms with Gasteiger partial charge in [0, 0.05) is 18.4 Å². The Hall–Kier alpha value is -1.56. The molecular weight excluding hydrogens is 290 g/mol. The van der Waals surface area contributed by atoms with Crippen LogP contribution in [0, 0.1) is 6.92 Å². The summed E-state index contributed by atoms with van der Waals surface area (Å²) < 4.78 is 28.7. The summed E-state index contributed by atoms with van der Waals surface area (Å²) in [5.41, 5.74) is 7.43. The summed E-state index contributed by atoms with van der Waals surface area (Å²) in [5, 5.41) is -0.411. The third-order valence-corrected chi connectivity index (χ3v) is 5.58. The molecule has 2 N–H and O–H groups in total. The molecule has 21 heavy (non-hydrogen) atoms. The molecule has 0 amide bonds. The van der Waals surface area contributed by atoms with E-state index in [1.54, 1.807) is 18.2 Å². The summed E-state index contributed by atoms with van der Waals surface area (Å²) in [6.07, 6.45) is 3.39. The van der Waals surface area contributed by atoms with Gasteiger partial charge in [0.2, 0.25) is 0 Å². The molecule has 6 heteroatoms. The molecule has 1 aromatic rings. The molecule has 0 saturated heterocycles. The average Bonchev–Trinajstić information content (AvgIpc) is 2.41. The van der Waals surface area contributed by atoms with Gasteiger partial charge in [0.15, 0.2) is 0 Å². The van der Waals surface area contributed by atoms with Crippen molar-refractivity contribution in [1.82, 2.24) is 0 Å². The van der Waals surface area contributed by atoms with Crippen LogP contribution in [-0.4, -0.2) is 32.0 Å². The lowest BCUT2D eigenvalue weighted by Crippen LogP contribution is -2.33. The molecular formula is C15H21NO4S. The van der Waals surface area contributed by atoms with Crippen LogP contribution in [0.4, 0.5) is 5.69 Å². The van der Waals surface area contributed by atoms with Gasteiger partial charge in [-0.3, -0.25) is 0 Å². The first-order chi connectivity index (χ1) is 9.77. The molecule has 0 aliphatic heterocycles. The summed E-state index contributed by atoms with van der Waals surface area (Å²) in [5.74, 6) is -0.432. The van der Waals surface area contributed by atoms with Gasteiger partial charge in [0.25, 0.3) is 0 Å². The van der Waals surface area contributed by atoms with Crippen molar-refractivity contribution < 1.29 is 17.9 Å². The van der Waals surface area contributed by atoms with Crippen LogP contribution in [0.2, 0.25) is 0 Å². The first-order valence-corrected chi connectivity index (χ1v) is 8.99. The van der Waals surface area contributed by atoms with Crippen molar-refractivity contribution in [2.75, 3.05) is 12.0 Å². The van der Waals surface area contributed by atoms with Crippen molar-refractivity contribution in [2.45, 2.75) is 44.0 Å². The number of rotatable bonds is 3. The summed E-state index contributed by atoms with van der Waals surface area (Å²) >= 11 is 0. The predicted octanol–water partition coefficient (Wildman–Crippen LogP) is 2.09. The van der Waals surface area contributed by atoms with Crippen LogP contribution < -0.4 is 5.73 Å². The summed E-state index contributed by atoms with van der Waals surface area (Å²) in [6, 6.07) is 5.09. The SMILES string of the molecule is Cc1ccc(N)cc1C(=O)OC1CCCC(S(C)(=O)=O)C1. The molecule has 1 saturated carbocycles. The van der Waals surface area contributed by atoms with Crippen LogP contribution in [0.5, 0.6) is 0 Å². The topological polar surface area (TPSA) is 86.5 Å². The molecule has 0 heterocycles. The van der Waals surface area contributed by atoms with Crippen molar-refractivity contribution in [3.8, 4) is 0 Å². The number of nitrogens with two attached hydrogens (primary N) is 1. The average molecular weight is 311 g/mol. The van der Waals surface area contributed by atoms with E-state index in [4.69, 9.17) is 10.5 Å². The van der Waals surface area contributed by atoms with Gasteiger partial charge < -0.3 is 10.5 Å². The fraction of sp³-hybridized carbons (Fsp3) is 0.533. The number of sulfone groups is 1. The lowest BCUT2D eigenvalue weighted by molar-refractivity contribution is 0.0214. The fourth-order valence-electron chi connectivity index (χ4n) is 2.67. The zero-order chi connectivity index (χ0) is 15.6. The second-order valence-corrected chi connectivity index (χ2v) is 8.05. The number of esters is 1. The van der Waals surface area contributed by atoms with Crippen LogP contribution in [0.15, 0.2) is 18.2 Å². The normalized spacial score (nSPS) is 22.8. The number of benzene rings is 1. The molecule has 2 unspecified atom stereocenters. The van der Waals surface area contributed by atoms with E-state index in [0.29, 0.717) is 30.5 Å². The van der Waals surface area contributed by atoms with Crippen LogP contribution in [-0.2, 0) is 14.6 Å².